The van der Waals surface area contributed by atoms with E-state index in [0.29, 0.717) is 17.2 Å². The van der Waals surface area contributed by atoms with Gasteiger partial charge in [-0.2, -0.15) is 0 Å². The van der Waals surface area contributed by atoms with E-state index >= 15 is 0 Å². The molecule has 2 rings (SSSR count). The molecule has 0 bridgehead atoms. The normalized spacial score (nSPS) is 10.7. The van der Waals surface area contributed by atoms with E-state index in [0.717, 1.165) is 12.1 Å². The first-order valence-electron chi connectivity index (χ1n) is 5.47. The third kappa shape index (κ3) is 3.92. The molecular formula is C14H8F3NO2. The maximum absolute atomic E-state index is 12.0. The van der Waals surface area contributed by atoms with E-state index in [1.165, 1.54) is 18.2 Å². The van der Waals surface area contributed by atoms with Crippen molar-refractivity contribution in [3.05, 3.63) is 59.9 Å². The standard InChI is InChI=1S/C14H8F3NO2/c1-18-10-3-2-4-13(9-10)19-11-5-7-12(8-6-11)20-14(15,16)17/h2-9H. The summed E-state index contributed by atoms with van der Waals surface area (Å²) >= 11 is 0. The number of nitrogens with zero attached hydrogens (tertiary/aromatic N) is 1. The van der Waals surface area contributed by atoms with Gasteiger partial charge in [0.15, 0.2) is 5.69 Å². The summed E-state index contributed by atoms with van der Waals surface area (Å²) in [5.41, 5.74) is 0.416. The zero-order valence-electron chi connectivity index (χ0n) is 10.0. The summed E-state index contributed by atoms with van der Waals surface area (Å²) in [6, 6.07) is 11.5. The number of hydrogen-bond donors (Lipinski definition) is 0. The van der Waals surface area contributed by atoms with Gasteiger partial charge in [0.25, 0.3) is 0 Å². The van der Waals surface area contributed by atoms with Crippen molar-refractivity contribution in [3.63, 3.8) is 0 Å². The summed E-state index contributed by atoms with van der Waals surface area (Å²) in [6.07, 6.45) is -4.72. The van der Waals surface area contributed by atoms with Gasteiger partial charge in [-0.15, -0.1) is 13.2 Å². The summed E-state index contributed by atoms with van der Waals surface area (Å²) in [6.45, 7) is 6.88. The number of rotatable bonds is 3. The highest BCUT2D eigenvalue weighted by atomic mass is 19.4. The Morgan fingerprint density at radius 1 is 0.900 bits per heavy atom. The van der Waals surface area contributed by atoms with E-state index in [4.69, 9.17) is 11.3 Å². The van der Waals surface area contributed by atoms with Crippen LogP contribution in [-0.4, -0.2) is 6.36 Å². The summed E-state index contributed by atoms with van der Waals surface area (Å²) in [4.78, 5) is 3.25. The van der Waals surface area contributed by atoms with Crippen molar-refractivity contribution < 1.29 is 22.6 Å². The number of halogens is 3. The van der Waals surface area contributed by atoms with Crippen LogP contribution in [0.5, 0.6) is 17.2 Å². The third-order valence-corrected chi connectivity index (χ3v) is 2.24. The third-order valence-electron chi connectivity index (χ3n) is 2.24. The molecule has 0 amide bonds. The van der Waals surface area contributed by atoms with Crippen molar-refractivity contribution in [1.29, 1.82) is 0 Å². The Hall–Kier alpha value is -2.68. The molecule has 6 heteroatoms. The van der Waals surface area contributed by atoms with Crippen LogP contribution in [0.1, 0.15) is 0 Å². The second kappa shape index (κ2) is 5.53. The van der Waals surface area contributed by atoms with Crippen LogP contribution in [0.15, 0.2) is 48.5 Å². The Morgan fingerprint density at radius 2 is 1.55 bits per heavy atom. The summed E-state index contributed by atoms with van der Waals surface area (Å²) in [5.74, 6) is 0.462. The van der Waals surface area contributed by atoms with Crippen LogP contribution in [0.4, 0.5) is 18.9 Å². The minimum absolute atomic E-state index is 0.320. The van der Waals surface area contributed by atoms with Crippen LogP contribution >= 0.6 is 0 Å². The van der Waals surface area contributed by atoms with Gasteiger partial charge in [-0.1, -0.05) is 12.1 Å². The molecule has 0 spiro atoms. The van der Waals surface area contributed by atoms with Crippen molar-refractivity contribution in [3.8, 4) is 17.2 Å². The quantitative estimate of drug-likeness (QED) is 0.743. The lowest BCUT2D eigenvalue weighted by Crippen LogP contribution is -2.16. The van der Waals surface area contributed by atoms with E-state index in [2.05, 4.69) is 9.58 Å². The smallest absolute Gasteiger partial charge is 0.459 e. The lowest BCUT2D eigenvalue weighted by Gasteiger charge is -2.10. The molecule has 0 aliphatic carbocycles. The highest BCUT2D eigenvalue weighted by Gasteiger charge is 2.30. The maximum Gasteiger partial charge on any atom is 0.573 e. The van der Waals surface area contributed by atoms with Crippen molar-refractivity contribution in [2.75, 3.05) is 0 Å². The Balaban J connectivity index is 2.09. The zero-order chi connectivity index (χ0) is 14.6. The van der Waals surface area contributed by atoms with Gasteiger partial charge in [-0.05, 0) is 36.4 Å². The fraction of sp³-hybridized carbons (Fsp3) is 0.0714. The second-order valence-corrected chi connectivity index (χ2v) is 3.73. The van der Waals surface area contributed by atoms with Gasteiger partial charge in [-0.3, -0.25) is 0 Å². The summed E-state index contributed by atoms with van der Waals surface area (Å²) < 4.78 is 45.1. The minimum Gasteiger partial charge on any atom is -0.459 e. The first-order chi connectivity index (χ1) is 9.46. The van der Waals surface area contributed by atoms with Crippen LogP contribution in [-0.2, 0) is 0 Å². The van der Waals surface area contributed by atoms with E-state index in [-0.39, 0.29) is 5.75 Å². The predicted octanol–water partition coefficient (Wildman–Crippen LogP) is 4.93. The SMILES string of the molecule is [C-]#[N+]c1cccc(Oc2ccc(OC(F)(F)F)cc2)c1. The zero-order valence-corrected chi connectivity index (χ0v) is 10.0. The molecule has 0 aliphatic heterocycles. The van der Waals surface area contributed by atoms with Crippen LogP contribution in [0.3, 0.4) is 0 Å². The van der Waals surface area contributed by atoms with Crippen molar-refractivity contribution >= 4 is 5.69 Å². The number of benzene rings is 2. The lowest BCUT2D eigenvalue weighted by molar-refractivity contribution is -0.274. The molecule has 0 aromatic heterocycles. The monoisotopic (exact) mass is 279 g/mol. The van der Waals surface area contributed by atoms with Gasteiger partial charge in [0.1, 0.15) is 17.2 Å². The number of alkyl halides is 3. The Morgan fingerprint density at radius 3 is 2.15 bits per heavy atom. The summed E-state index contributed by atoms with van der Waals surface area (Å²) in [7, 11) is 0. The molecule has 20 heavy (non-hydrogen) atoms. The molecule has 0 saturated carbocycles. The molecule has 0 atom stereocenters. The Bertz CT molecular complexity index is 630. The predicted molar refractivity (Wildman–Crippen MR) is 65.9 cm³/mol. The van der Waals surface area contributed by atoms with Crippen molar-refractivity contribution in [1.82, 2.24) is 0 Å². The lowest BCUT2D eigenvalue weighted by atomic mass is 10.3. The highest BCUT2D eigenvalue weighted by Crippen LogP contribution is 2.28. The van der Waals surface area contributed by atoms with Gasteiger partial charge in [-0.25, -0.2) is 4.85 Å². The van der Waals surface area contributed by atoms with Gasteiger partial charge in [0.2, 0.25) is 0 Å². The van der Waals surface area contributed by atoms with Crippen LogP contribution in [0.25, 0.3) is 4.85 Å². The highest BCUT2D eigenvalue weighted by molar-refractivity contribution is 5.50. The van der Waals surface area contributed by atoms with Crippen molar-refractivity contribution in [2.45, 2.75) is 6.36 Å². The fourth-order valence-electron chi connectivity index (χ4n) is 1.46. The van der Waals surface area contributed by atoms with Crippen LogP contribution in [0.2, 0.25) is 0 Å². The molecule has 0 heterocycles. The molecule has 0 aliphatic rings. The maximum atomic E-state index is 12.0. The number of ether oxygens (including phenoxy) is 2. The molecule has 0 radical (unpaired) electrons. The van der Waals surface area contributed by atoms with Crippen molar-refractivity contribution in [2.24, 2.45) is 0 Å². The van der Waals surface area contributed by atoms with E-state index < -0.39 is 6.36 Å². The van der Waals surface area contributed by atoms with E-state index in [9.17, 15) is 13.2 Å². The second-order valence-electron chi connectivity index (χ2n) is 3.73. The Kier molecular flexibility index (Phi) is 3.80. The van der Waals surface area contributed by atoms with Gasteiger partial charge in [0, 0.05) is 0 Å². The molecule has 2 aromatic carbocycles. The molecule has 0 unspecified atom stereocenters. The van der Waals surface area contributed by atoms with E-state index in [1.54, 1.807) is 18.2 Å². The van der Waals surface area contributed by atoms with Gasteiger partial charge in [0.05, 0.1) is 6.57 Å². The molecule has 102 valence electrons. The largest absolute Gasteiger partial charge is 0.573 e. The topological polar surface area (TPSA) is 22.8 Å². The van der Waals surface area contributed by atoms with Crippen LogP contribution < -0.4 is 9.47 Å². The van der Waals surface area contributed by atoms with Crippen LogP contribution in [0, 0.1) is 6.57 Å². The number of hydrogen-bond acceptors (Lipinski definition) is 2. The first kappa shape index (κ1) is 13.7. The first-order valence-corrected chi connectivity index (χ1v) is 5.47. The Labute approximate surface area is 113 Å². The fourth-order valence-corrected chi connectivity index (χ4v) is 1.46. The molecule has 0 saturated heterocycles. The average Bonchev–Trinajstić information content (AvgIpc) is 2.40. The molecule has 0 fully saturated rings. The van der Waals surface area contributed by atoms with E-state index in [1.807, 2.05) is 0 Å². The molecular weight excluding hydrogens is 271 g/mol. The van der Waals surface area contributed by atoms with Gasteiger partial charge < -0.3 is 9.47 Å². The molecule has 0 N–H and O–H groups in total. The van der Waals surface area contributed by atoms with Gasteiger partial charge >= 0.3 is 6.36 Å². The molecule has 3 nitrogen and oxygen atoms in total. The molecule has 2 aromatic rings. The summed E-state index contributed by atoms with van der Waals surface area (Å²) in [5, 5.41) is 0. The average molecular weight is 279 g/mol. The minimum atomic E-state index is -4.72.